The molecule has 2 aromatic rings. The summed E-state index contributed by atoms with van der Waals surface area (Å²) < 4.78 is 1.95. The molecule has 1 saturated heterocycles. The van der Waals surface area contributed by atoms with Gasteiger partial charge in [0.2, 0.25) is 0 Å². The van der Waals surface area contributed by atoms with E-state index < -0.39 is 0 Å². The number of allylic oxidation sites excluding steroid dienone is 1. The van der Waals surface area contributed by atoms with Gasteiger partial charge in [0.25, 0.3) is 5.91 Å². The maximum Gasteiger partial charge on any atom is 0.252 e. The predicted molar refractivity (Wildman–Crippen MR) is 127 cm³/mol. The van der Waals surface area contributed by atoms with Gasteiger partial charge in [0.1, 0.15) is 0 Å². The van der Waals surface area contributed by atoms with Gasteiger partial charge in [-0.05, 0) is 37.8 Å². The van der Waals surface area contributed by atoms with E-state index in [1.165, 1.54) is 0 Å². The van der Waals surface area contributed by atoms with Crippen LogP contribution in [-0.2, 0) is 4.79 Å². The average molecular weight is 456 g/mol. The molecule has 5 rings (SSSR count). The second kappa shape index (κ2) is 8.09. The zero-order valence-corrected chi connectivity index (χ0v) is 19.8. The van der Waals surface area contributed by atoms with Crippen molar-refractivity contribution in [2.24, 2.45) is 0 Å². The highest BCUT2D eigenvalue weighted by molar-refractivity contribution is 7.51. The topological polar surface area (TPSA) is 44.1 Å². The lowest BCUT2D eigenvalue weighted by Crippen LogP contribution is -2.51. The third-order valence-corrected chi connectivity index (χ3v) is 8.11. The Kier molecular flexibility index (Phi) is 5.41. The molecule has 0 aromatic carbocycles. The van der Waals surface area contributed by atoms with Crippen molar-refractivity contribution in [1.29, 1.82) is 0 Å². The Bertz CT molecular complexity index is 1140. The smallest absolute Gasteiger partial charge is 0.252 e. The molecule has 0 aliphatic carbocycles. The number of pyridine rings is 1. The summed E-state index contributed by atoms with van der Waals surface area (Å²) >= 11 is 6.47. The number of aromatic nitrogens is 2. The molecule has 0 spiro atoms. The Labute approximate surface area is 189 Å². The molecule has 5 heterocycles. The van der Waals surface area contributed by atoms with Crippen LogP contribution in [0.1, 0.15) is 25.1 Å². The van der Waals surface area contributed by atoms with E-state index in [1.807, 2.05) is 40.9 Å². The molecule has 0 N–H and O–H groups in total. The van der Waals surface area contributed by atoms with Gasteiger partial charge in [0.05, 0.1) is 22.2 Å². The maximum atomic E-state index is 13.1. The van der Waals surface area contributed by atoms with Crippen molar-refractivity contribution in [2.45, 2.75) is 32.6 Å². The van der Waals surface area contributed by atoms with Crippen molar-refractivity contribution >= 4 is 37.1 Å². The normalized spacial score (nSPS) is 25.2. The fourth-order valence-electron chi connectivity index (χ4n) is 4.65. The number of aryl methyl sites for hydroxylation is 1. The van der Waals surface area contributed by atoms with Gasteiger partial charge >= 0.3 is 0 Å². The highest BCUT2D eigenvalue weighted by Gasteiger charge is 2.31. The molecular weight excluding hydrogens is 429 g/mol. The van der Waals surface area contributed by atoms with E-state index in [-0.39, 0.29) is 11.7 Å². The van der Waals surface area contributed by atoms with Gasteiger partial charge in [0, 0.05) is 55.9 Å². The number of likely N-dealkylation sites (N-methyl/N-ethyl adjacent to an activating group) is 1. The molecule has 0 bridgehead atoms. The Hall–Kier alpha value is -2.14. The standard InChI is InChI=1S/C23H27ClN5OP/c1-4-26-7-8-27(12-16(26)3)18-5-6-22-29(14-18)21(30)10-20(31-22)17-9-19(24)23-25-15(2)11-28(23)13-17/h5-6,9-11,13-14,16,22,31H,4,7-8,12H2,1-3H3/t16-,22?/m0/s1. The van der Waals surface area contributed by atoms with Crippen LogP contribution in [0.5, 0.6) is 0 Å². The van der Waals surface area contributed by atoms with E-state index in [9.17, 15) is 4.79 Å². The fourth-order valence-corrected chi connectivity index (χ4v) is 6.27. The number of piperazine rings is 1. The molecular formula is C23H27ClN5OP. The molecule has 2 unspecified atom stereocenters. The number of hydrogen-bond acceptors (Lipinski definition) is 4. The summed E-state index contributed by atoms with van der Waals surface area (Å²) in [6.07, 6.45) is 12.1. The largest absolute Gasteiger partial charge is 0.368 e. The van der Waals surface area contributed by atoms with Gasteiger partial charge in [-0.3, -0.25) is 9.69 Å². The molecule has 2 aromatic heterocycles. The zero-order valence-electron chi connectivity index (χ0n) is 18.0. The van der Waals surface area contributed by atoms with Gasteiger partial charge in [-0.2, -0.15) is 0 Å². The summed E-state index contributed by atoms with van der Waals surface area (Å²) in [7, 11) is 0.465. The number of hydrogen-bond donors (Lipinski definition) is 0. The fraction of sp³-hybridized carbons (Fsp3) is 0.391. The van der Waals surface area contributed by atoms with Gasteiger partial charge in [0.15, 0.2) is 5.65 Å². The van der Waals surface area contributed by atoms with Crippen molar-refractivity contribution in [3.63, 3.8) is 0 Å². The number of carbonyl (C=O) groups is 1. The molecule has 6 nitrogen and oxygen atoms in total. The van der Waals surface area contributed by atoms with E-state index in [2.05, 4.69) is 40.8 Å². The third kappa shape index (κ3) is 3.82. The summed E-state index contributed by atoms with van der Waals surface area (Å²) in [5.41, 5.74) is 3.78. The van der Waals surface area contributed by atoms with E-state index in [1.54, 1.807) is 6.08 Å². The lowest BCUT2D eigenvalue weighted by atomic mass is 10.1. The molecule has 1 amide bonds. The number of rotatable bonds is 3. The van der Waals surface area contributed by atoms with Gasteiger partial charge in [-0.1, -0.05) is 33.2 Å². The molecule has 0 saturated carbocycles. The quantitative estimate of drug-likeness (QED) is 0.658. The van der Waals surface area contributed by atoms with Crippen LogP contribution in [0.3, 0.4) is 0 Å². The summed E-state index contributed by atoms with van der Waals surface area (Å²) in [5.74, 6) is 0.0865. The van der Waals surface area contributed by atoms with Crippen molar-refractivity contribution in [1.82, 2.24) is 24.1 Å². The van der Waals surface area contributed by atoms with Gasteiger partial charge in [-0.15, -0.1) is 0 Å². The van der Waals surface area contributed by atoms with Crippen molar-refractivity contribution in [2.75, 3.05) is 26.2 Å². The Morgan fingerprint density at radius 3 is 2.90 bits per heavy atom. The van der Waals surface area contributed by atoms with E-state index in [4.69, 9.17) is 11.6 Å². The number of carbonyl (C=O) groups excluding carboxylic acids is 1. The highest BCUT2D eigenvalue weighted by atomic mass is 35.5. The van der Waals surface area contributed by atoms with Crippen molar-refractivity contribution in [3.05, 3.63) is 64.9 Å². The summed E-state index contributed by atoms with van der Waals surface area (Å²) in [4.78, 5) is 24.3. The van der Waals surface area contributed by atoms with Crippen molar-refractivity contribution in [3.8, 4) is 0 Å². The van der Waals surface area contributed by atoms with E-state index >= 15 is 0 Å². The second-order valence-corrected chi connectivity index (χ2v) is 10.2. The van der Waals surface area contributed by atoms with Crippen LogP contribution in [0.4, 0.5) is 0 Å². The Morgan fingerprint density at radius 1 is 1.29 bits per heavy atom. The molecule has 1 fully saturated rings. The first-order chi connectivity index (χ1) is 14.9. The minimum absolute atomic E-state index is 0.0267. The third-order valence-electron chi connectivity index (χ3n) is 6.32. The molecule has 31 heavy (non-hydrogen) atoms. The molecule has 3 atom stereocenters. The van der Waals surface area contributed by atoms with Gasteiger partial charge < -0.3 is 14.2 Å². The van der Waals surface area contributed by atoms with Crippen LogP contribution in [0.15, 0.2) is 48.6 Å². The first-order valence-electron chi connectivity index (χ1n) is 10.8. The summed E-state index contributed by atoms with van der Waals surface area (Å²) in [6.45, 7) is 10.6. The van der Waals surface area contributed by atoms with Crippen LogP contribution in [0.25, 0.3) is 11.0 Å². The average Bonchev–Trinajstić information content (AvgIpc) is 3.14. The molecule has 8 heteroatoms. The predicted octanol–water partition coefficient (Wildman–Crippen LogP) is 3.92. The van der Waals surface area contributed by atoms with Crippen molar-refractivity contribution < 1.29 is 4.79 Å². The maximum absolute atomic E-state index is 13.1. The first-order valence-corrected chi connectivity index (χ1v) is 12.2. The molecule has 3 aliphatic rings. The lowest BCUT2D eigenvalue weighted by molar-refractivity contribution is -0.123. The molecule has 3 aliphatic heterocycles. The molecule has 0 radical (unpaired) electrons. The van der Waals surface area contributed by atoms with E-state index in [0.29, 0.717) is 19.6 Å². The number of fused-ring (bicyclic) bond motifs is 2. The highest BCUT2D eigenvalue weighted by Crippen LogP contribution is 2.45. The number of nitrogens with zero attached hydrogens (tertiary/aromatic N) is 5. The van der Waals surface area contributed by atoms with Crippen LogP contribution in [0, 0.1) is 6.92 Å². The Morgan fingerprint density at radius 2 is 2.13 bits per heavy atom. The minimum atomic E-state index is 0.0267. The summed E-state index contributed by atoms with van der Waals surface area (Å²) in [5, 5.41) is 1.64. The Balaban J connectivity index is 1.39. The monoisotopic (exact) mass is 455 g/mol. The van der Waals surface area contributed by atoms with Gasteiger partial charge in [-0.25, -0.2) is 4.98 Å². The molecule has 162 valence electrons. The lowest BCUT2D eigenvalue weighted by Gasteiger charge is -2.43. The SMILES string of the molecule is CCN1CCN(C2=CN3C(=O)C=C(c4cc(Cl)c5nc(C)cn5c4)PC3C=C2)C[C@@H]1C. The van der Waals surface area contributed by atoms with Crippen LogP contribution >= 0.6 is 20.2 Å². The second-order valence-electron chi connectivity index (χ2n) is 8.42. The van der Waals surface area contributed by atoms with Crippen LogP contribution in [0.2, 0.25) is 5.02 Å². The number of imidazole rings is 1. The van der Waals surface area contributed by atoms with Crippen LogP contribution < -0.4 is 0 Å². The minimum Gasteiger partial charge on any atom is -0.368 e. The summed E-state index contributed by atoms with van der Waals surface area (Å²) in [6, 6.07) is 2.44. The number of halogens is 1. The zero-order chi connectivity index (χ0) is 21.7. The van der Waals surface area contributed by atoms with E-state index in [0.717, 1.165) is 54.1 Å². The first kappa shape index (κ1) is 20.7. The number of amides is 1. The van der Waals surface area contributed by atoms with Crippen LogP contribution in [-0.4, -0.2) is 68.0 Å².